The fourth-order valence-corrected chi connectivity index (χ4v) is 1.76. The van der Waals surface area contributed by atoms with Gasteiger partial charge in [-0.2, -0.15) is 0 Å². The highest BCUT2D eigenvalue weighted by Crippen LogP contribution is 2.22. The van der Waals surface area contributed by atoms with Gasteiger partial charge in [0.25, 0.3) is 0 Å². The quantitative estimate of drug-likeness (QED) is 0.943. The first-order valence-electron chi connectivity index (χ1n) is 6.23. The second kappa shape index (κ2) is 6.43. The van der Waals surface area contributed by atoms with Gasteiger partial charge in [0.05, 0.1) is 5.69 Å². The highest BCUT2D eigenvalue weighted by Gasteiger charge is 2.08. The van der Waals surface area contributed by atoms with Crippen LogP contribution in [0.4, 0.5) is 4.79 Å². The van der Waals surface area contributed by atoms with E-state index in [1.807, 2.05) is 18.2 Å². The number of aromatic nitrogens is 1. The molecule has 0 aliphatic heterocycles. The third kappa shape index (κ3) is 3.74. The Balaban J connectivity index is 1.92. The lowest BCUT2D eigenvalue weighted by Gasteiger charge is -2.10. The zero-order chi connectivity index (χ0) is 14.5. The van der Waals surface area contributed by atoms with Crippen LogP contribution in [0.25, 0.3) is 11.3 Å². The van der Waals surface area contributed by atoms with E-state index in [1.54, 1.807) is 26.2 Å². The van der Waals surface area contributed by atoms with E-state index in [9.17, 15) is 4.79 Å². The van der Waals surface area contributed by atoms with Gasteiger partial charge in [-0.1, -0.05) is 16.8 Å². The Morgan fingerprint density at radius 3 is 2.70 bits per heavy atom. The molecule has 5 nitrogen and oxygen atoms in total. The fourth-order valence-electron chi connectivity index (χ4n) is 1.64. The lowest BCUT2D eigenvalue weighted by Crippen LogP contribution is -2.35. The van der Waals surface area contributed by atoms with Gasteiger partial charge in [0.1, 0.15) is 0 Å². The average Bonchev–Trinajstić information content (AvgIpc) is 2.88. The van der Waals surface area contributed by atoms with Crippen LogP contribution in [0.15, 0.2) is 34.9 Å². The van der Waals surface area contributed by atoms with E-state index in [2.05, 4.69) is 10.5 Å². The number of hydrogen-bond acceptors (Lipinski definition) is 3. The average molecular weight is 294 g/mol. The SMILES string of the molecule is CN(C)C(=O)NCCc1cc(-c2ccc(Cl)cc2)on1. The van der Waals surface area contributed by atoms with Gasteiger partial charge in [-0.15, -0.1) is 0 Å². The van der Waals surface area contributed by atoms with Crippen molar-refractivity contribution in [3.63, 3.8) is 0 Å². The van der Waals surface area contributed by atoms with Gasteiger partial charge in [0.15, 0.2) is 5.76 Å². The first-order valence-corrected chi connectivity index (χ1v) is 6.61. The van der Waals surface area contributed by atoms with E-state index in [4.69, 9.17) is 16.1 Å². The molecule has 0 aliphatic carbocycles. The molecule has 0 saturated carbocycles. The number of benzene rings is 1. The first kappa shape index (κ1) is 14.4. The molecule has 0 radical (unpaired) electrons. The zero-order valence-electron chi connectivity index (χ0n) is 11.4. The van der Waals surface area contributed by atoms with E-state index in [1.165, 1.54) is 4.90 Å². The molecule has 0 unspecified atom stereocenters. The van der Waals surface area contributed by atoms with Gasteiger partial charge in [-0.3, -0.25) is 0 Å². The molecule has 0 fully saturated rings. The molecule has 0 aliphatic rings. The van der Waals surface area contributed by atoms with Crippen LogP contribution >= 0.6 is 11.6 Å². The predicted molar refractivity (Wildman–Crippen MR) is 77.7 cm³/mol. The van der Waals surface area contributed by atoms with Crippen molar-refractivity contribution in [3.8, 4) is 11.3 Å². The Kier molecular flexibility index (Phi) is 4.63. The van der Waals surface area contributed by atoms with E-state index in [-0.39, 0.29) is 6.03 Å². The number of nitrogens with zero attached hydrogens (tertiary/aromatic N) is 2. The molecule has 2 aromatic rings. The van der Waals surface area contributed by atoms with E-state index in [0.29, 0.717) is 23.7 Å². The molecule has 2 rings (SSSR count). The maximum absolute atomic E-state index is 11.4. The lowest BCUT2D eigenvalue weighted by molar-refractivity contribution is 0.217. The van der Waals surface area contributed by atoms with Crippen molar-refractivity contribution in [2.75, 3.05) is 20.6 Å². The smallest absolute Gasteiger partial charge is 0.316 e. The Morgan fingerprint density at radius 2 is 2.05 bits per heavy atom. The second-order valence-corrected chi connectivity index (χ2v) is 5.00. The number of nitrogens with one attached hydrogen (secondary N) is 1. The normalized spacial score (nSPS) is 10.3. The lowest BCUT2D eigenvalue weighted by atomic mass is 10.1. The summed E-state index contributed by atoms with van der Waals surface area (Å²) in [6.45, 7) is 0.517. The summed E-state index contributed by atoms with van der Waals surface area (Å²) >= 11 is 5.84. The van der Waals surface area contributed by atoms with Crippen molar-refractivity contribution in [1.82, 2.24) is 15.4 Å². The van der Waals surface area contributed by atoms with Crippen LogP contribution in [0, 0.1) is 0 Å². The van der Waals surface area contributed by atoms with Crippen LogP contribution in [0.1, 0.15) is 5.69 Å². The number of amides is 2. The molecule has 1 aromatic carbocycles. The summed E-state index contributed by atoms with van der Waals surface area (Å²) in [5.41, 5.74) is 1.72. The number of carbonyl (C=O) groups excluding carboxylic acids is 1. The monoisotopic (exact) mass is 293 g/mol. The van der Waals surface area contributed by atoms with Crippen molar-refractivity contribution in [2.45, 2.75) is 6.42 Å². The summed E-state index contributed by atoms with van der Waals surface area (Å²) in [5, 5.41) is 7.44. The van der Waals surface area contributed by atoms with Crippen molar-refractivity contribution in [3.05, 3.63) is 41.0 Å². The van der Waals surface area contributed by atoms with Crippen molar-refractivity contribution < 1.29 is 9.32 Å². The minimum absolute atomic E-state index is 0.119. The van der Waals surface area contributed by atoms with Crippen LogP contribution < -0.4 is 5.32 Å². The summed E-state index contributed by atoms with van der Waals surface area (Å²) in [5.74, 6) is 0.690. The minimum atomic E-state index is -0.119. The van der Waals surface area contributed by atoms with Gasteiger partial charge in [0.2, 0.25) is 0 Å². The van der Waals surface area contributed by atoms with Gasteiger partial charge >= 0.3 is 6.03 Å². The summed E-state index contributed by atoms with van der Waals surface area (Å²) in [4.78, 5) is 12.8. The van der Waals surface area contributed by atoms with Crippen molar-refractivity contribution in [1.29, 1.82) is 0 Å². The Hall–Kier alpha value is -2.01. The molecule has 6 heteroatoms. The largest absolute Gasteiger partial charge is 0.356 e. The number of rotatable bonds is 4. The highest BCUT2D eigenvalue weighted by atomic mass is 35.5. The number of urea groups is 1. The van der Waals surface area contributed by atoms with Crippen LogP contribution in [-0.4, -0.2) is 36.7 Å². The predicted octanol–water partition coefficient (Wildman–Crippen LogP) is 2.81. The molecule has 1 N–H and O–H groups in total. The van der Waals surface area contributed by atoms with Gasteiger partial charge in [-0.25, -0.2) is 4.79 Å². The number of hydrogen-bond donors (Lipinski definition) is 1. The van der Waals surface area contributed by atoms with Crippen molar-refractivity contribution in [2.24, 2.45) is 0 Å². The van der Waals surface area contributed by atoms with Crippen molar-refractivity contribution >= 4 is 17.6 Å². The molecule has 1 heterocycles. The Bertz CT molecular complexity index is 578. The fraction of sp³-hybridized carbons (Fsp3) is 0.286. The summed E-state index contributed by atoms with van der Waals surface area (Å²) in [7, 11) is 3.40. The third-order valence-electron chi connectivity index (χ3n) is 2.75. The van der Waals surface area contributed by atoms with Gasteiger partial charge < -0.3 is 14.7 Å². The number of carbonyl (C=O) groups is 1. The molecule has 0 bridgehead atoms. The maximum Gasteiger partial charge on any atom is 0.316 e. The van der Waals surface area contributed by atoms with Crippen LogP contribution in [0.2, 0.25) is 5.02 Å². The zero-order valence-corrected chi connectivity index (χ0v) is 12.1. The molecule has 0 saturated heterocycles. The van der Waals surface area contributed by atoms with E-state index < -0.39 is 0 Å². The van der Waals surface area contributed by atoms with Crippen LogP contribution in [-0.2, 0) is 6.42 Å². The standard InChI is InChI=1S/C14H16ClN3O2/c1-18(2)14(19)16-8-7-12-9-13(20-17-12)10-3-5-11(15)6-4-10/h3-6,9H,7-8H2,1-2H3,(H,16,19). The van der Waals surface area contributed by atoms with E-state index in [0.717, 1.165) is 11.3 Å². The summed E-state index contributed by atoms with van der Waals surface area (Å²) in [6.07, 6.45) is 0.622. The van der Waals surface area contributed by atoms with E-state index >= 15 is 0 Å². The molecule has 2 amide bonds. The second-order valence-electron chi connectivity index (χ2n) is 4.57. The van der Waals surface area contributed by atoms with Crippen LogP contribution in [0.3, 0.4) is 0 Å². The topological polar surface area (TPSA) is 58.4 Å². The molecular weight excluding hydrogens is 278 g/mol. The molecule has 1 aromatic heterocycles. The molecule has 0 spiro atoms. The first-order chi connectivity index (χ1) is 9.56. The van der Waals surface area contributed by atoms with Gasteiger partial charge in [0, 0.05) is 43.7 Å². The summed E-state index contributed by atoms with van der Waals surface area (Å²) in [6, 6.07) is 9.10. The van der Waals surface area contributed by atoms with Crippen LogP contribution in [0.5, 0.6) is 0 Å². The minimum Gasteiger partial charge on any atom is -0.356 e. The highest BCUT2D eigenvalue weighted by molar-refractivity contribution is 6.30. The molecule has 106 valence electrons. The molecule has 0 atom stereocenters. The molecular formula is C14H16ClN3O2. The summed E-state index contributed by atoms with van der Waals surface area (Å²) < 4.78 is 5.28. The van der Waals surface area contributed by atoms with Gasteiger partial charge in [-0.05, 0) is 24.3 Å². The maximum atomic E-state index is 11.4. The third-order valence-corrected chi connectivity index (χ3v) is 3.00. The number of halogens is 1. The molecule has 20 heavy (non-hydrogen) atoms. The Labute approximate surface area is 122 Å². The Morgan fingerprint density at radius 1 is 1.35 bits per heavy atom.